The summed E-state index contributed by atoms with van der Waals surface area (Å²) in [6, 6.07) is 5.79. The zero-order chi connectivity index (χ0) is 13.7. The number of carbonyl (C=O) groups is 2. The summed E-state index contributed by atoms with van der Waals surface area (Å²) < 4.78 is 0. The summed E-state index contributed by atoms with van der Waals surface area (Å²) in [6.45, 7) is 5.97. The normalized spacial score (nSPS) is 12.0. The molecule has 0 aliphatic rings. The van der Waals surface area contributed by atoms with E-state index in [2.05, 4.69) is 10.6 Å². The maximum absolute atomic E-state index is 11.6. The zero-order valence-corrected chi connectivity index (χ0v) is 10.7. The smallest absolute Gasteiger partial charge is 0.335 e. The summed E-state index contributed by atoms with van der Waals surface area (Å²) in [5, 5.41) is 14.2. The SMILES string of the molecule is CC(C)C(C)NC(=O)Nc1ccc(C(=O)O)cc1. The molecule has 1 unspecified atom stereocenters. The highest BCUT2D eigenvalue weighted by Gasteiger charge is 2.10. The van der Waals surface area contributed by atoms with Gasteiger partial charge in [0, 0.05) is 11.7 Å². The Morgan fingerprint density at radius 2 is 1.67 bits per heavy atom. The van der Waals surface area contributed by atoms with Gasteiger partial charge in [0.1, 0.15) is 0 Å². The third-order valence-electron chi connectivity index (χ3n) is 2.75. The summed E-state index contributed by atoms with van der Waals surface area (Å²) in [6.07, 6.45) is 0. The van der Waals surface area contributed by atoms with Crippen LogP contribution < -0.4 is 10.6 Å². The maximum Gasteiger partial charge on any atom is 0.335 e. The van der Waals surface area contributed by atoms with Gasteiger partial charge in [0.2, 0.25) is 0 Å². The van der Waals surface area contributed by atoms with E-state index in [4.69, 9.17) is 5.11 Å². The van der Waals surface area contributed by atoms with E-state index < -0.39 is 5.97 Å². The van der Waals surface area contributed by atoms with Crippen molar-refractivity contribution in [3.63, 3.8) is 0 Å². The van der Waals surface area contributed by atoms with Crippen LogP contribution in [0.1, 0.15) is 31.1 Å². The number of rotatable bonds is 4. The average molecular weight is 250 g/mol. The van der Waals surface area contributed by atoms with Crippen LogP contribution in [0.2, 0.25) is 0 Å². The summed E-state index contributed by atoms with van der Waals surface area (Å²) >= 11 is 0. The van der Waals surface area contributed by atoms with E-state index in [1.807, 2.05) is 20.8 Å². The van der Waals surface area contributed by atoms with E-state index in [0.717, 1.165) is 0 Å². The Labute approximate surface area is 106 Å². The lowest BCUT2D eigenvalue weighted by molar-refractivity contribution is 0.0697. The van der Waals surface area contributed by atoms with Crippen molar-refractivity contribution in [1.82, 2.24) is 5.32 Å². The minimum Gasteiger partial charge on any atom is -0.478 e. The van der Waals surface area contributed by atoms with Crippen molar-refractivity contribution < 1.29 is 14.7 Å². The van der Waals surface area contributed by atoms with Crippen LogP contribution in [0.4, 0.5) is 10.5 Å². The molecule has 0 aliphatic heterocycles. The van der Waals surface area contributed by atoms with Gasteiger partial charge in [-0.1, -0.05) is 13.8 Å². The number of nitrogens with one attached hydrogen (secondary N) is 2. The van der Waals surface area contributed by atoms with Gasteiger partial charge in [-0.2, -0.15) is 0 Å². The first kappa shape index (κ1) is 14.0. The first-order valence-corrected chi connectivity index (χ1v) is 5.81. The van der Waals surface area contributed by atoms with Crippen LogP contribution in [0.25, 0.3) is 0 Å². The van der Waals surface area contributed by atoms with Crippen molar-refractivity contribution in [3.8, 4) is 0 Å². The Hall–Kier alpha value is -2.04. The van der Waals surface area contributed by atoms with Gasteiger partial charge in [0.25, 0.3) is 0 Å². The fourth-order valence-electron chi connectivity index (χ4n) is 1.24. The molecule has 0 aromatic heterocycles. The van der Waals surface area contributed by atoms with Crippen molar-refractivity contribution in [1.29, 1.82) is 0 Å². The highest BCUT2D eigenvalue weighted by atomic mass is 16.4. The van der Waals surface area contributed by atoms with Gasteiger partial charge < -0.3 is 15.7 Å². The molecule has 0 aliphatic carbocycles. The number of carbonyl (C=O) groups excluding carboxylic acids is 1. The molecule has 5 heteroatoms. The quantitative estimate of drug-likeness (QED) is 0.768. The Kier molecular flexibility index (Phi) is 4.71. The Morgan fingerprint density at radius 3 is 2.11 bits per heavy atom. The molecule has 18 heavy (non-hydrogen) atoms. The van der Waals surface area contributed by atoms with Crippen molar-refractivity contribution >= 4 is 17.7 Å². The minimum atomic E-state index is -0.987. The van der Waals surface area contributed by atoms with Crippen LogP contribution in [0.3, 0.4) is 0 Å². The molecule has 1 aromatic rings. The predicted octanol–water partition coefficient (Wildman–Crippen LogP) is 2.55. The number of amides is 2. The largest absolute Gasteiger partial charge is 0.478 e. The van der Waals surface area contributed by atoms with Crippen molar-refractivity contribution in [2.45, 2.75) is 26.8 Å². The van der Waals surface area contributed by atoms with Gasteiger partial charge >= 0.3 is 12.0 Å². The first-order valence-electron chi connectivity index (χ1n) is 5.81. The molecule has 5 nitrogen and oxygen atoms in total. The lowest BCUT2D eigenvalue weighted by Crippen LogP contribution is -2.38. The number of aromatic carboxylic acids is 1. The van der Waals surface area contributed by atoms with Crippen molar-refractivity contribution in [3.05, 3.63) is 29.8 Å². The third kappa shape index (κ3) is 4.08. The molecule has 3 N–H and O–H groups in total. The number of benzene rings is 1. The summed E-state index contributed by atoms with van der Waals surface area (Å²) in [4.78, 5) is 22.3. The maximum atomic E-state index is 11.6. The second-order valence-electron chi connectivity index (χ2n) is 4.51. The van der Waals surface area contributed by atoms with Gasteiger partial charge in [0.05, 0.1) is 5.56 Å². The Bertz CT molecular complexity index is 426. The van der Waals surface area contributed by atoms with Crippen LogP contribution in [-0.4, -0.2) is 23.1 Å². The number of anilines is 1. The van der Waals surface area contributed by atoms with Gasteiger partial charge in [-0.25, -0.2) is 9.59 Å². The Morgan fingerprint density at radius 1 is 1.11 bits per heavy atom. The average Bonchev–Trinajstić information content (AvgIpc) is 2.29. The van der Waals surface area contributed by atoms with E-state index >= 15 is 0 Å². The highest BCUT2D eigenvalue weighted by molar-refractivity contribution is 5.91. The Balaban J connectivity index is 2.57. The van der Waals surface area contributed by atoms with Crippen LogP contribution >= 0.6 is 0 Å². The molecule has 0 spiro atoms. The summed E-state index contributed by atoms with van der Waals surface area (Å²) in [5.41, 5.74) is 0.755. The first-order chi connectivity index (χ1) is 8.40. The number of hydrogen-bond donors (Lipinski definition) is 3. The summed E-state index contributed by atoms with van der Waals surface area (Å²) in [5.74, 6) is -0.635. The molecule has 0 bridgehead atoms. The lowest BCUT2D eigenvalue weighted by atomic mass is 10.1. The van der Waals surface area contributed by atoms with Gasteiger partial charge in [0.15, 0.2) is 0 Å². The van der Waals surface area contributed by atoms with E-state index in [0.29, 0.717) is 11.6 Å². The molecule has 2 amide bonds. The molecular weight excluding hydrogens is 232 g/mol. The van der Waals surface area contributed by atoms with Crippen LogP contribution in [-0.2, 0) is 0 Å². The number of carboxylic acids is 1. The standard InChI is InChI=1S/C13H18N2O3/c1-8(2)9(3)14-13(18)15-11-6-4-10(5-7-11)12(16)17/h4-9H,1-3H3,(H,16,17)(H2,14,15,18). The minimum absolute atomic E-state index is 0.0725. The molecule has 0 fully saturated rings. The number of urea groups is 1. The van der Waals surface area contributed by atoms with Crippen molar-refractivity contribution in [2.75, 3.05) is 5.32 Å². The monoisotopic (exact) mass is 250 g/mol. The molecule has 0 heterocycles. The van der Waals surface area contributed by atoms with Gasteiger partial charge in [-0.15, -0.1) is 0 Å². The van der Waals surface area contributed by atoms with Crippen LogP contribution in [0, 0.1) is 5.92 Å². The second kappa shape index (κ2) is 6.05. The van der Waals surface area contributed by atoms with Gasteiger partial charge in [-0.05, 0) is 37.1 Å². The molecule has 1 aromatic carbocycles. The fraction of sp³-hybridized carbons (Fsp3) is 0.385. The predicted molar refractivity (Wildman–Crippen MR) is 69.9 cm³/mol. The number of carboxylic acid groups (broad SMARTS) is 1. The van der Waals surface area contributed by atoms with E-state index in [-0.39, 0.29) is 17.6 Å². The number of hydrogen-bond acceptors (Lipinski definition) is 2. The molecule has 1 atom stereocenters. The molecular formula is C13H18N2O3. The molecule has 1 rings (SSSR count). The third-order valence-corrected chi connectivity index (χ3v) is 2.75. The molecule has 98 valence electrons. The highest BCUT2D eigenvalue weighted by Crippen LogP contribution is 2.09. The van der Waals surface area contributed by atoms with E-state index in [9.17, 15) is 9.59 Å². The topological polar surface area (TPSA) is 78.4 Å². The van der Waals surface area contributed by atoms with Crippen LogP contribution in [0.15, 0.2) is 24.3 Å². The van der Waals surface area contributed by atoms with Crippen LogP contribution in [0.5, 0.6) is 0 Å². The second-order valence-corrected chi connectivity index (χ2v) is 4.51. The van der Waals surface area contributed by atoms with E-state index in [1.165, 1.54) is 12.1 Å². The van der Waals surface area contributed by atoms with Gasteiger partial charge in [-0.3, -0.25) is 0 Å². The fourth-order valence-corrected chi connectivity index (χ4v) is 1.24. The molecule has 0 saturated carbocycles. The molecule has 0 radical (unpaired) electrons. The van der Waals surface area contributed by atoms with Crippen molar-refractivity contribution in [2.24, 2.45) is 5.92 Å². The molecule has 0 saturated heterocycles. The zero-order valence-electron chi connectivity index (χ0n) is 10.7. The lowest BCUT2D eigenvalue weighted by Gasteiger charge is -2.17. The summed E-state index contributed by atoms with van der Waals surface area (Å²) in [7, 11) is 0. The van der Waals surface area contributed by atoms with E-state index in [1.54, 1.807) is 12.1 Å².